The molecule has 15 heteroatoms. The van der Waals surface area contributed by atoms with Crippen LogP contribution in [0.1, 0.15) is 5.69 Å². The molecule has 0 bridgehead atoms. The Morgan fingerprint density at radius 2 is 2.21 bits per heavy atom. The fourth-order valence-corrected chi connectivity index (χ4v) is 1.97. The van der Waals surface area contributed by atoms with Gasteiger partial charge >= 0.3 is 0 Å². The van der Waals surface area contributed by atoms with E-state index < -0.39 is 11.7 Å². The van der Waals surface area contributed by atoms with E-state index in [-0.39, 0.29) is 47.1 Å². The lowest BCUT2D eigenvalue weighted by Gasteiger charge is -2.07. The van der Waals surface area contributed by atoms with Gasteiger partial charge in [0.15, 0.2) is 5.84 Å². The molecule has 2 aromatic rings. The zero-order chi connectivity index (χ0) is 20.5. The highest BCUT2D eigenvalue weighted by atomic mass is 35.5. The van der Waals surface area contributed by atoms with E-state index in [2.05, 4.69) is 30.4 Å². The van der Waals surface area contributed by atoms with E-state index in [1.807, 2.05) is 10.9 Å². The summed E-state index contributed by atoms with van der Waals surface area (Å²) in [7, 11) is 0. The number of aromatic nitrogens is 2. The van der Waals surface area contributed by atoms with Crippen molar-refractivity contribution in [3.05, 3.63) is 34.7 Å². The van der Waals surface area contributed by atoms with Crippen molar-refractivity contribution in [1.29, 1.82) is 0 Å². The number of carbonyl (C=O) groups is 1. The van der Waals surface area contributed by atoms with Crippen molar-refractivity contribution in [2.75, 3.05) is 13.2 Å². The number of nitrogens with two attached hydrogens (primary N) is 2. The number of hydrogen-bond acceptors (Lipinski definition) is 10. The summed E-state index contributed by atoms with van der Waals surface area (Å²) < 4.78 is 23.1. The van der Waals surface area contributed by atoms with Crippen molar-refractivity contribution < 1.29 is 23.8 Å². The number of carbonyl (C=O) groups excluding carboxylic acids is 1. The Kier molecular flexibility index (Phi) is 7.44. The summed E-state index contributed by atoms with van der Waals surface area (Å²) in [6.07, 6.45) is 0. The third kappa shape index (κ3) is 5.26. The van der Waals surface area contributed by atoms with Gasteiger partial charge in [0, 0.05) is 0 Å². The number of rotatable bonds is 6. The number of aliphatic imine (C=N–C) groups is 1. The Hall–Kier alpha value is -3.49. The van der Waals surface area contributed by atoms with Gasteiger partial charge in [-0.3, -0.25) is 15.5 Å². The number of hydroxylamine groups is 1. The van der Waals surface area contributed by atoms with E-state index in [1.165, 1.54) is 12.1 Å². The Bertz CT molecular complexity index is 889. The highest BCUT2D eigenvalue weighted by Gasteiger charge is 2.18. The summed E-state index contributed by atoms with van der Waals surface area (Å²) >= 11 is 5.69. The van der Waals surface area contributed by atoms with Crippen LogP contribution in [0.3, 0.4) is 0 Å². The van der Waals surface area contributed by atoms with Crippen LogP contribution < -0.4 is 32.6 Å². The summed E-state index contributed by atoms with van der Waals surface area (Å²) in [5.41, 5.74) is 3.97. The van der Waals surface area contributed by atoms with E-state index in [9.17, 15) is 14.4 Å². The third-order valence-electron chi connectivity index (χ3n) is 3.04. The number of hydrazine groups is 1. The summed E-state index contributed by atoms with van der Waals surface area (Å²) in [6.45, 7) is -0.0328. The second-order valence-corrected chi connectivity index (χ2v) is 5.22. The molecule has 1 aromatic heterocycles. The predicted molar refractivity (Wildman–Crippen MR) is 94.3 cm³/mol. The van der Waals surface area contributed by atoms with Crippen molar-refractivity contribution in [3.63, 3.8) is 0 Å². The maximum atomic E-state index is 13.2. The standard InChI is InChI=1S/C13H15ClFN9O4/c14-7-5-6(1-2-8(7)15)19-10(22-26)9-13(24-28-23-9)27-4-3-18-12(25)11(20-16)21-17/h1-2,5,26H,3-4,16-17H2,(H,18,25)(H,19,22)(H,20,21). The average Bonchev–Trinajstić information content (AvgIpc) is 3.15. The number of hydrazone groups is 1. The number of amides is 1. The van der Waals surface area contributed by atoms with Crippen LogP contribution in [-0.2, 0) is 4.79 Å². The van der Waals surface area contributed by atoms with Crippen LogP contribution in [-0.4, -0.2) is 46.3 Å². The SMILES string of the molecule is N/N=C(\NN)C(=O)NCCOc1nonc1C(=Nc1ccc(F)c(Cl)c1)NO. The van der Waals surface area contributed by atoms with Crippen molar-refractivity contribution in [2.45, 2.75) is 0 Å². The molecule has 0 aliphatic heterocycles. The van der Waals surface area contributed by atoms with Gasteiger partial charge in [0.25, 0.3) is 11.8 Å². The molecular weight excluding hydrogens is 401 g/mol. The van der Waals surface area contributed by atoms with E-state index in [0.29, 0.717) is 0 Å². The molecule has 2 rings (SSSR count). The van der Waals surface area contributed by atoms with Crippen LogP contribution >= 0.6 is 11.6 Å². The highest BCUT2D eigenvalue weighted by molar-refractivity contribution is 6.37. The lowest BCUT2D eigenvalue weighted by atomic mass is 10.3. The molecule has 0 saturated heterocycles. The number of nitrogens with zero attached hydrogens (tertiary/aromatic N) is 4. The van der Waals surface area contributed by atoms with Crippen molar-refractivity contribution >= 4 is 34.9 Å². The van der Waals surface area contributed by atoms with Crippen molar-refractivity contribution in [2.24, 2.45) is 21.8 Å². The van der Waals surface area contributed by atoms with Crippen LogP contribution in [0, 0.1) is 5.82 Å². The maximum absolute atomic E-state index is 13.2. The third-order valence-corrected chi connectivity index (χ3v) is 3.33. The number of ether oxygens (including phenoxy) is 1. The first-order valence-electron chi connectivity index (χ1n) is 7.42. The summed E-state index contributed by atoms with van der Waals surface area (Å²) in [5.74, 6) is 8.14. The molecule has 0 spiro atoms. The zero-order valence-corrected chi connectivity index (χ0v) is 14.8. The molecule has 28 heavy (non-hydrogen) atoms. The number of nitrogens with one attached hydrogen (secondary N) is 3. The van der Waals surface area contributed by atoms with Gasteiger partial charge in [-0.05, 0) is 28.5 Å². The molecular formula is C13H15ClFN9O4. The van der Waals surface area contributed by atoms with Gasteiger partial charge in [-0.1, -0.05) is 11.6 Å². The largest absolute Gasteiger partial charge is 0.472 e. The minimum Gasteiger partial charge on any atom is -0.472 e. The molecule has 0 radical (unpaired) electrons. The fraction of sp³-hybridized carbons (Fsp3) is 0.154. The summed E-state index contributed by atoms with van der Waals surface area (Å²) in [5, 5.41) is 21.8. The van der Waals surface area contributed by atoms with Crippen LogP contribution in [0.2, 0.25) is 5.02 Å². The van der Waals surface area contributed by atoms with Gasteiger partial charge in [-0.15, -0.1) is 0 Å². The molecule has 0 unspecified atom stereocenters. The molecule has 0 atom stereocenters. The highest BCUT2D eigenvalue weighted by Crippen LogP contribution is 2.23. The van der Waals surface area contributed by atoms with Gasteiger partial charge in [-0.25, -0.2) is 19.9 Å². The lowest BCUT2D eigenvalue weighted by molar-refractivity contribution is -0.115. The van der Waals surface area contributed by atoms with Crippen LogP contribution in [0.5, 0.6) is 5.88 Å². The Morgan fingerprint density at radius 1 is 1.43 bits per heavy atom. The number of hydrogen-bond donors (Lipinski definition) is 6. The average molecular weight is 416 g/mol. The maximum Gasteiger partial charge on any atom is 0.289 e. The first-order chi connectivity index (χ1) is 13.5. The second-order valence-electron chi connectivity index (χ2n) is 4.82. The molecule has 150 valence electrons. The quantitative estimate of drug-likeness (QED) is 0.113. The topological polar surface area (TPSA) is 198 Å². The Labute approximate surface area is 161 Å². The van der Waals surface area contributed by atoms with E-state index in [4.69, 9.17) is 28.0 Å². The normalized spacial score (nSPS) is 11.9. The Balaban J connectivity index is 2.04. The van der Waals surface area contributed by atoms with Crippen molar-refractivity contribution in [3.8, 4) is 5.88 Å². The minimum atomic E-state index is -0.653. The molecule has 1 heterocycles. The molecule has 0 saturated carbocycles. The molecule has 1 amide bonds. The van der Waals surface area contributed by atoms with Crippen LogP contribution in [0.25, 0.3) is 0 Å². The Morgan fingerprint density at radius 3 is 2.86 bits per heavy atom. The van der Waals surface area contributed by atoms with E-state index in [0.717, 1.165) is 6.07 Å². The van der Waals surface area contributed by atoms with Gasteiger partial charge in [-0.2, -0.15) is 5.10 Å². The molecule has 0 aliphatic rings. The molecule has 13 nitrogen and oxygen atoms in total. The van der Waals surface area contributed by atoms with Crippen LogP contribution in [0.15, 0.2) is 32.9 Å². The molecule has 8 N–H and O–H groups in total. The van der Waals surface area contributed by atoms with Crippen LogP contribution in [0.4, 0.5) is 10.1 Å². The monoisotopic (exact) mass is 415 g/mol. The van der Waals surface area contributed by atoms with Gasteiger partial charge in [0.05, 0.1) is 17.3 Å². The number of benzene rings is 1. The summed E-state index contributed by atoms with van der Waals surface area (Å²) in [4.78, 5) is 15.6. The first kappa shape index (κ1) is 20.8. The molecule has 1 aromatic carbocycles. The first-order valence-corrected chi connectivity index (χ1v) is 7.80. The number of halogens is 2. The lowest BCUT2D eigenvalue weighted by Crippen LogP contribution is -2.45. The van der Waals surface area contributed by atoms with Gasteiger partial charge in [0.1, 0.15) is 12.4 Å². The predicted octanol–water partition coefficient (Wildman–Crippen LogP) is -0.850. The molecule has 0 aliphatic carbocycles. The van der Waals surface area contributed by atoms with Gasteiger partial charge < -0.3 is 21.3 Å². The van der Waals surface area contributed by atoms with E-state index in [1.54, 1.807) is 0 Å². The van der Waals surface area contributed by atoms with E-state index >= 15 is 0 Å². The zero-order valence-electron chi connectivity index (χ0n) is 14.0. The van der Waals surface area contributed by atoms with Gasteiger partial charge in [0.2, 0.25) is 11.5 Å². The smallest absolute Gasteiger partial charge is 0.289 e. The second kappa shape index (κ2) is 10.0. The minimum absolute atomic E-state index is 0.0262. The summed E-state index contributed by atoms with van der Waals surface area (Å²) in [6, 6.07) is 3.66. The van der Waals surface area contributed by atoms with Crippen molar-refractivity contribution in [1.82, 2.24) is 26.5 Å². The molecule has 0 fully saturated rings. The number of amidine groups is 2. The fourth-order valence-electron chi connectivity index (χ4n) is 1.79.